The van der Waals surface area contributed by atoms with Crippen LogP contribution in [0.15, 0.2) is 48.5 Å². The topological polar surface area (TPSA) is 88.7 Å². The van der Waals surface area contributed by atoms with Crippen molar-refractivity contribution in [3.8, 4) is 0 Å². The molecule has 8 heteroatoms. The minimum atomic E-state index is -0.245. The van der Waals surface area contributed by atoms with E-state index in [1.54, 1.807) is 0 Å². The summed E-state index contributed by atoms with van der Waals surface area (Å²) < 4.78 is 0. The molecule has 0 bridgehead atoms. The molecule has 0 aliphatic heterocycles. The van der Waals surface area contributed by atoms with Gasteiger partial charge >= 0.3 is 12.1 Å². The van der Waals surface area contributed by atoms with Crippen molar-refractivity contribution >= 4 is 23.4 Å². The first-order valence-corrected chi connectivity index (χ1v) is 9.39. The smallest absolute Gasteiger partial charge is 0.320 e. The summed E-state index contributed by atoms with van der Waals surface area (Å²) in [6.07, 6.45) is 0.684. The number of hydrogen-bond acceptors (Lipinski definition) is 4. The SMILES string of the molecule is CN(C)CNC(=O)Nc1cccc(Cc2cccc(NC(=O)NCN(C)C)c2)c1. The van der Waals surface area contributed by atoms with Crippen LogP contribution in [0.4, 0.5) is 21.0 Å². The highest BCUT2D eigenvalue weighted by Crippen LogP contribution is 2.17. The predicted molar refractivity (Wildman–Crippen MR) is 117 cm³/mol. The van der Waals surface area contributed by atoms with E-state index in [2.05, 4.69) is 21.3 Å². The fourth-order valence-corrected chi connectivity index (χ4v) is 2.56. The highest BCUT2D eigenvalue weighted by Gasteiger charge is 2.05. The molecule has 0 heterocycles. The first kappa shape index (κ1) is 22.2. The Balaban J connectivity index is 1.96. The third-order valence-electron chi connectivity index (χ3n) is 3.89. The zero-order valence-electron chi connectivity index (χ0n) is 17.5. The van der Waals surface area contributed by atoms with E-state index in [0.717, 1.165) is 22.5 Å². The van der Waals surface area contributed by atoms with E-state index in [0.29, 0.717) is 19.8 Å². The number of carbonyl (C=O) groups is 2. The van der Waals surface area contributed by atoms with E-state index in [1.807, 2.05) is 86.5 Å². The Kier molecular flexibility index (Phi) is 8.45. The number of carbonyl (C=O) groups excluding carboxylic acids is 2. The van der Waals surface area contributed by atoms with Gasteiger partial charge in [0.1, 0.15) is 0 Å². The van der Waals surface area contributed by atoms with Gasteiger partial charge in [-0.3, -0.25) is 9.80 Å². The lowest BCUT2D eigenvalue weighted by molar-refractivity contribution is 0.244. The molecule has 0 saturated heterocycles. The van der Waals surface area contributed by atoms with E-state index in [4.69, 9.17) is 0 Å². The van der Waals surface area contributed by atoms with E-state index in [1.165, 1.54) is 0 Å². The number of hydrogen-bond donors (Lipinski definition) is 4. The highest BCUT2D eigenvalue weighted by atomic mass is 16.2. The van der Waals surface area contributed by atoms with E-state index in [9.17, 15) is 9.59 Å². The Labute approximate surface area is 172 Å². The minimum absolute atomic E-state index is 0.245. The lowest BCUT2D eigenvalue weighted by Crippen LogP contribution is -2.36. The average molecular weight is 399 g/mol. The van der Waals surface area contributed by atoms with Crippen LogP contribution < -0.4 is 21.3 Å². The molecule has 8 nitrogen and oxygen atoms in total. The van der Waals surface area contributed by atoms with Crippen molar-refractivity contribution in [3.63, 3.8) is 0 Å². The lowest BCUT2D eigenvalue weighted by Gasteiger charge is -2.13. The van der Waals surface area contributed by atoms with Gasteiger partial charge in [-0.05, 0) is 70.0 Å². The maximum Gasteiger partial charge on any atom is 0.320 e. The van der Waals surface area contributed by atoms with Crippen molar-refractivity contribution in [1.29, 1.82) is 0 Å². The van der Waals surface area contributed by atoms with Crippen LogP contribution in [0.2, 0.25) is 0 Å². The highest BCUT2D eigenvalue weighted by molar-refractivity contribution is 5.89. The number of amides is 4. The Morgan fingerprint density at radius 1 is 0.724 bits per heavy atom. The quantitative estimate of drug-likeness (QED) is 0.515. The van der Waals surface area contributed by atoms with Crippen LogP contribution in [0.3, 0.4) is 0 Å². The van der Waals surface area contributed by atoms with Crippen LogP contribution in [-0.2, 0) is 6.42 Å². The number of urea groups is 2. The molecule has 2 aromatic carbocycles. The van der Waals surface area contributed by atoms with Gasteiger partial charge < -0.3 is 21.3 Å². The summed E-state index contributed by atoms with van der Waals surface area (Å²) in [5.41, 5.74) is 3.58. The molecular weight excluding hydrogens is 368 g/mol. The lowest BCUT2D eigenvalue weighted by atomic mass is 10.0. The standard InChI is InChI=1S/C21H30N6O2/c1-26(2)14-22-20(28)24-18-9-5-7-16(12-18)11-17-8-6-10-19(13-17)25-21(29)23-15-27(3)4/h5-10,12-13H,11,14-15H2,1-4H3,(H2,22,24,28)(H2,23,25,29). The molecule has 2 rings (SSSR count). The second kappa shape index (κ2) is 11.0. The van der Waals surface area contributed by atoms with Gasteiger partial charge in [-0.15, -0.1) is 0 Å². The van der Waals surface area contributed by atoms with Crippen molar-refractivity contribution in [1.82, 2.24) is 20.4 Å². The van der Waals surface area contributed by atoms with Crippen molar-refractivity contribution < 1.29 is 9.59 Å². The molecule has 0 aliphatic rings. The summed E-state index contributed by atoms with van der Waals surface area (Å²) in [5.74, 6) is 0. The van der Waals surface area contributed by atoms with Crippen LogP contribution >= 0.6 is 0 Å². The van der Waals surface area contributed by atoms with E-state index in [-0.39, 0.29) is 12.1 Å². The molecular formula is C21H30N6O2. The molecule has 0 fully saturated rings. The minimum Gasteiger partial charge on any atom is -0.325 e. The van der Waals surface area contributed by atoms with Crippen molar-refractivity contribution in [2.24, 2.45) is 0 Å². The summed E-state index contributed by atoms with van der Waals surface area (Å²) in [6.45, 7) is 0.931. The summed E-state index contributed by atoms with van der Waals surface area (Å²) in [6, 6.07) is 14.9. The van der Waals surface area contributed by atoms with Gasteiger partial charge in [0.15, 0.2) is 0 Å². The Bertz CT molecular complexity index is 755. The Morgan fingerprint density at radius 3 is 1.52 bits per heavy atom. The van der Waals surface area contributed by atoms with Gasteiger partial charge in [-0.1, -0.05) is 24.3 Å². The van der Waals surface area contributed by atoms with Crippen LogP contribution in [0, 0.1) is 0 Å². The molecule has 4 N–H and O–H groups in total. The molecule has 0 unspecified atom stereocenters. The van der Waals surface area contributed by atoms with Crippen molar-refractivity contribution in [2.45, 2.75) is 6.42 Å². The summed E-state index contributed by atoms with van der Waals surface area (Å²) >= 11 is 0. The molecule has 0 saturated carbocycles. The average Bonchev–Trinajstić information content (AvgIpc) is 2.65. The molecule has 156 valence electrons. The number of nitrogens with one attached hydrogen (secondary N) is 4. The molecule has 0 atom stereocenters. The van der Waals surface area contributed by atoms with Gasteiger partial charge in [0.05, 0.1) is 13.3 Å². The van der Waals surface area contributed by atoms with Gasteiger partial charge in [0.2, 0.25) is 0 Å². The summed E-state index contributed by atoms with van der Waals surface area (Å²) in [7, 11) is 7.54. The zero-order chi connectivity index (χ0) is 21.2. The van der Waals surface area contributed by atoms with Crippen molar-refractivity contribution in [2.75, 3.05) is 52.2 Å². The van der Waals surface area contributed by atoms with Crippen LogP contribution in [0.5, 0.6) is 0 Å². The predicted octanol–water partition coefficient (Wildman–Crippen LogP) is 2.56. The second-order valence-corrected chi connectivity index (χ2v) is 7.31. The number of rotatable bonds is 8. The van der Waals surface area contributed by atoms with E-state index < -0.39 is 0 Å². The Hall–Kier alpha value is -3.10. The monoisotopic (exact) mass is 398 g/mol. The largest absolute Gasteiger partial charge is 0.325 e. The zero-order valence-corrected chi connectivity index (χ0v) is 17.5. The van der Waals surface area contributed by atoms with Gasteiger partial charge in [0, 0.05) is 11.4 Å². The third-order valence-corrected chi connectivity index (χ3v) is 3.89. The van der Waals surface area contributed by atoms with Gasteiger partial charge in [-0.25, -0.2) is 9.59 Å². The number of anilines is 2. The van der Waals surface area contributed by atoms with Gasteiger partial charge in [-0.2, -0.15) is 0 Å². The summed E-state index contributed by atoms with van der Waals surface area (Å²) in [5, 5.41) is 11.2. The van der Waals surface area contributed by atoms with E-state index >= 15 is 0 Å². The maximum absolute atomic E-state index is 11.9. The van der Waals surface area contributed by atoms with Crippen molar-refractivity contribution in [3.05, 3.63) is 59.7 Å². The molecule has 0 spiro atoms. The first-order chi connectivity index (χ1) is 13.8. The fourth-order valence-electron chi connectivity index (χ4n) is 2.56. The Morgan fingerprint density at radius 2 is 1.14 bits per heavy atom. The molecule has 0 aromatic heterocycles. The molecule has 0 radical (unpaired) electrons. The summed E-state index contributed by atoms with van der Waals surface area (Å²) in [4.78, 5) is 27.6. The molecule has 2 aromatic rings. The van der Waals surface area contributed by atoms with Gasteiger partial charge in [0.25, 0.3) is 0 Å². The van der Waals surface area contributed by atoms with Crippen LogP contribution in [0.25, 0.3) is 0 Å². The molecule has 4 amide bonds. The maximum atomic E-state index is 11.9. The number of nitrogens with zero attached hydrogens (tertiary/aromatic N) is 2. The molecule has 29 heavy (non-hydrogen) atoms. The fraction of sp³-hybridized carbons (Fsp3) is 0.333. The van der Waals surface area contributed by atoms with Crippen LogP contribution in [-0.4, -0.2) is 63.4 Å². The third kappa shape index (κ3) is 8.63. The van der Waals surface area contributed by atoms with Crippen LogP contribution in [0.1, 0.15) is 11.1 Å². The molecule has 0 aliphatic carbocycles. The number of benzene rings is 2. The normalized spacial score (nSPS) is 10.7. The second-order valence-electron chi connectivity index (χ2n) is 7.31. The first-order valence-electron chi connectivity index (χ1n) is 9.39.